The van der Waals surface area contributed by atoms with Crippen molar-refractivity contribution in [1.82, 2.24) is 9.88 Å². The van der Waals surface area contributed by atoms with Gasteiger partial charge in [0, 0.05) is 16.5 Å². The van der Waals surface area contributed by atoms with Crippen molar-refractivity contribution in [2.75, 3.05) is 11.9 Å². The molecule has 1 aromatic heterocycles. The zero-order chi connectivity index (χ0) is 21.1. The van der Waals surface area contributed by atoms with Gasteiger partial charge in [0.1, 0.15) is 6.54 Å². The van der Waals surface area contributed by atoms with Crippen LogP contribution < -0.4 is 5.32 Å². The molecule has 2 aromatic carbocycles. The summed E-state index contributed by atoms with van der Waals surface area (Å²) in [6, 6.07) is 13.9. The summed E-state index contributed by atoms with van der Waals surface area (Å²) in [5, 5.41) is 5.61. The molecule has 0 radical (unpaired) electrons. The Hall–Kier alpha value is -2.73. The van der Waals surface area contributed by atoms with E-state index < -0.39 is 0 Å². The van der Waals surface area contributed by atoms with Gasteiger partial charge in [-0.3, -0.25) is 9.59 Å². The smallest absolute Gasteiger partial charge is 0.254 e. The summed E-state index contributed by atoms with van der Waals surface area (Å²) in [5.41, 5.74) is 1.56. The van der Waals surface area contributed by atoms with Crippen LogP contribution in [0.1, 0.15) is 53.0 Å². The van der Waals surface area contributed by atoms with Crippen molar-refractivity contribution in [3.05, 3.63) is 58.6 Å². The van der Waals surface area contributed by atoms with Crippen molar-refractivity contribution in [2.45, 2.75) is 52.0 Å². The van der Waals surface area contributed by atoms with E-state index in [4.69, 9.17) is 0 Å². The molecule has 0 unspecified atom stereocenters. The number of benzene rings is 2. The van der Waals surface area contributed by atoms with Gasteiger partial charge >= 0.3 is 0 Å². The van der Waals surface area contributed by atoms with Crippen molar-refractivity contribution in [3.63, 3.8) is 0 Å². The van der Waals surface area contributed by atoms with Gasteiger partial charge in [0.25, 0.3) is 5.91 Å². The molecular formula is C24H27N3O2S. The molecular weight excluding hydrogens is 394 g/mol. The van der Waals surface area contributed by atoms with Crippen LogP contribution in [0.2, 0.25) is 0 Å². The highest BCUT2D eigenvalue weighted by Gasteiger charge is 2.28. The van der Waals surface area contributed by atoms with E-state index in [1.807, 2.05) is 56.3 Å². The lowest BCUT2D eigenvalue weighted by molar-refractivity contribution is -0.117. The van der Waals surface area contributed by atoms with Crippen LogP contribution in [-0.4, -0.2) is 34.3 Å². The number of fused-ring (bicyclic) bond motifs is 1. The molecule has 0 spiro atoms. The standard InChI is InChI=1S/C24H27N3O2S/c1-16-17(2)30-24(25-16)26-22(28)15-27(21-10-4-3-5-11-21)23(29)20-13-12-18-8-6-7-9-19(18)14-20/h6-9,12-14,21H,3-5,10-11,15H2,1-2H3,(H,25,26,28). The number of nitrogens with one attached hydrogen (secondary N) is 1. The number of carbonyl (C=O) groups excluding carboxylic acids is 2. The van der Waals surface area contributed by atoms with Crippen LogP contribution in [0.25, 0.3) is 10.8 Å². The Labute approximate surface area is 181 Å². The molecule has 0 aliphatic heterocycles. The average Bonchev–Trinajstić information content (AvgIpc) is 3.08. The summed E-state index contributed by atoms with van der Waals surface area (Å²) in [6.07, 6.45) is 5.28. The number of aromatic nitrogens is 1. The molecule has 1 fully saturated rings. The number of rotatable bonds is 5. The molecule has 4 rings (SSSR count). The largest absolute Gasteiger partial charge is 0.326 e. The minimum Gasteiger partial charge on any atom is -0.326 e. The lowest BCUT2D eigenvalue weighted by Gasteiger charge is -2.34. The topological polar surface area (TPSA) is 62.3 Å². The van der Waals surface area contributed by atoms with Crippen LogP contribution in [0.15, 0.2) is 42.5 Å². The van der Waals surface area contributed by atoms with E-state index in [9.17, 15) is 9.59 Å². The maximum atomic E-state index is 13.5. The quantitative estimate of drug-likeness (QED) is 0.606. The van der Waals surface area contributed by atoms with Crippen LogP contribution in [0, 0.1) is 13.8 Å². The van der Waals surface area contributed by atoms with Crippen LogP contribution >= 0.6 is 11.3 Å². The Bertz CT molecular complexity index is 1050. The molecule has 5 nitrogen and oxygen atoms in total. The van der Waals surface area contributed by atoms with Crippen molar-refractivity contribution in [3.8, 4) is 0 Å². The first-order valence-corrected chi connectivity index (χ1v) is 11.4. The van der Waals surface area contributed by atoms with Gasteiger partial charge in [-0.1, -0.05) is 49.6 Å². The molecule has 30 heavy (non-hydrogen) atoms. The van der Waals surface area contributed by atoms with Gasteiger partial charge in [0.2, 0.25) is 5.91 Å². The third-order valence-corrected chi connectivity index (χ3v) is 6.85. The highest BCUT2D eigenvalue weighted by atomic mass is 32.1. The molecule has 1 heterocycles. The van der Waals surface area contributed by atoms with E-state index in [-0.39, 0.29) is 24.4 Å². The van der Waals surface area contributed by atoms with Gasteiger partial charge < -0.3 is 10.2 Å². The van der Waals surface area contributed by atoms with E-state index >= 15 is 0 Å². The Balaban J connectivity index is 1.56. The monoisotopic (exact) mass is 421 g/mol. The number of aryl methyl sites for hydroxylation is 2. The number of hydrogen-bond acceptors (Lipinski definition) is 4. The number of hydrogen-bond donors (Lipinski definition) is 1. The number of thiazole rings is 1. The lowest BCUT2D eigenvalue weighted by atomic mass is 9.93. The zero-order valence-corrected chi connectivity index (χ0v) is 18.3. The van der Waals surface area contributed by atoms with Gasteiger partial charge in [-0.05, 0) is 49.6 Å². The summed E-state index contributed by atoms with van der Waals surface area (Å²) in [5.74, 6) is -0.266. The van der Waals surface area contributed by atoms with Gasteiger partial charge in [0.05, 0.1) is 5.69 Å². The Morgan fingerprint density at radius 2 is 1.80 bits per heavy atom. The molecule has 0 atom stereocenters. The van der Waals surface area contributed by atoms with Crippen LogP contribution in [0.4, 0.5) is 5.13 Å². The second-order valence-electron chi connectivity index (χ2n) is 8.00. The summed E-state index contributed by atoms with van der Waals surface area (Å²) in [7, 11) is 0. The van der Waals surface area contributed by atoms with Gasteiger partial charge in [0.15, 0.2) is 5.13 Å². The molecule has 1 aliphatic rings. The fraction of sp³-hybridized carbons (Fsp3) is 0.375. The second-order valence-corrected chi connectivity index (χ2v) is 9.20. The molecule has 0 bridgehead atoms. The lowest BCUT2D eigenvalue weighted by Crippen LogP contribution is -2.45. The number of amides is 2. The molecule has 156 valence electrons. The fourth-order valence-electron chi connectivity index (χ4n) is 4.09. The minimum atomic E-state index is -0.191. The average molecular weight is 422 g/mol. The normalized spacial score (nSPS) is 14.6. The van der Waals surface area contributed by atoms with Crippen molar-refractivity contribution in [2.24, 2.45) is 0 Å². The second kappa shape index (κ2) is 8.96. The molecule has 1 N–H and O–H groups in total. The van der Waals surface area contributed by atoms with E-state index in [0.717, 1.165) is 47.0 Å². The zero-order valence-electron chi connectivity index (χ0n) is 17.5. The predicted octanol–water partition coefficient (Wildman–Crippen LogP) is 5.33. The van der Waals surface area contributed by atoms with Crippen LogP contribution in [0.5, 0.6) is 0 Å². The number of anilines is 1. The highest BCUT2D eigenvalue weighted by molar-refractivity contribution is 7.15. The maximum absolute atomic E-state index is 13.5. The minimum absolute atomic E-state index is 0.0496. The fourth-order valence-corrected chi connectivity index (χ4v) is 4.92. The summed E-state index contributed by atoms with van der Waals surface area (Å²) in [4.78, 5) is 33.5. The third-order valence-electron chi connectivity index (χ3n) is 5.86. The number of carbonyl (C=O) groups is 2. The van der Waals surface area contributed by atoms with Crippen LogP contribution in [-0.2, 0) is 4.79 Å². The molecule has 1 aliphatic carbocycles. The van der Waals surface area contributed by atoms with E-state index in [1.54, 1.807) is 4.90 Å². The van der Waals surface area contributed by atoms with E-state index in [0.29, 0.717) is 10.7 Å². The van der Waals surface area contributed by atoms with Crippen molar-refractivity contribution >= 4 is 39.1 Å². The Morgan fingerprint density at radius 1 is 1.07 bits per heavy atom. The molecule has 2 amide bonds. The summed E-state index contributed by atoms with van der Waals surface area (Å²) in [6.45, 7) is 3.97. The van der Waals surface area contributed by atoms with Gasteiger partial charge in [-0.15, -0.1) is 11.3 Å². The van der Waals surface area contributed by atoms with E-state index in [2.05, 4.69) is 10.3 Å². The van der Waals surface area contributed by atoms with Crippen LogP contribution in [0.3, 0.4) is 0 Å². The first kappa shape index (κ1) is 20.5. The predicted molar refractivity (Wildman–Crippen MR) is 122 cm³/mol. The van der Waals surface area contributed by atoms with Gasteiger partial charge in [-0.2, -0.15) is 0 Å². The Kier molecular flexibility index (Phi) is 6.13. The molecule has 3 aromatic rings. The highest BCUT2D eigenvalue weighted by Crippen LogP contribution is 2.26. The first-order chi connectivity index (χ1) is 14.5. The molecule has 0 saturated heterocycles. The van der Waals surface area contributed by atoms with Crippen molar-refractivity contribution < 1.29 is 9.59 Å². The SMILES string of the molecule is Cc1nc(NC(=O)CN(C(=O)c2ccc3ccccc3c2)C2CCCCC2)sc1C. The third kappa shape index (κ3) is 4.54. The van der Waals surface area contributed by atoms with Crippen molar-refractivity contribution in [1.29, 1.82) is 0 Å². The summed E-state index contributed by atoms with van der Waals surface area (Å²) >= 11 is 1.47. The van der Waals surface area contributed by atoms with Gasteiger partial charge in [-0.25, -0.2) is 4.98 Å². The molecule has 1 saturated carbocycles. The summed E-state index contributed by atoms with van der Waals surface area (Å²) < 4.78 is 0. The molecule has 6 heteroatoms. The first-order valence-electron chi connectivity index (χ1n) is 10.5. The Morgan fingerprint density at radius 3 is 2.50 bits per heavy atom. The van der Waals surface area contributed by atoms with E-state index in [1.165, 1.54) is 17.8 Å². The maximum Gasteiger partial charge on any atom is 0.254 e. The number of nitrogens with zero attached hydrogens (tertiary/aromatic N) is 2.